The number of halogens is 2. The molecule has 5 aliphatic rings. The highest BCUT2D eigenvalue weighted by molar-refractivity contribution is 5.97. The molecule has 41 heavy (non-hydrogen) atoms. The first-order valence-corrected chi connectivity index (χ1v) is 15.2. The van der Waals surface area contributed by atoms with Crippen molar-refractivity contribution in [1.29, 1.82) is 0 Å². The molecule has 0 unspecified atom stereocenters. The van der Waals surface area contributed by atoms with E-state index in [0.717, 1.165) is 37.0 Å². The number of hydrogen-bond acceptors (Lipinski definition) is 5. The number of oxime groups is 1. The van der Waals surface area contributed by atoms with Crippen molar-refractivity contribution in [2.24, 2.45) is 22.4 Å². The minimum Gasteiger partial charge on any atom is -0.394 e. The maximum Gasteiger partial charge on any atom is 0.336 e. The first-order valence-electron chi connectivity index (χ1n) is 15.2. The molecule has 5 aliphatic carbocycles. The fourth-order valence-corrected chi connectivity index (χ4v) is 8.49. The summed E-state index contributed by atoms with van der Waals surface area (Å²) in [5.74, 6) is -1.23. The zero-order valence-electron chi connectivity index (χ0n) is 23.9. The van der Waals surface area contributed by atoms with Crippen LogP contribution in [-0.4, -0.2) is 53.9 Å². The second-order valence-corrected chi connectivity index (χ2v) is 12.8. The van der Waals surface area contributed by atoms with Crippen LogP contribution in [-0.2, 0) is 9.57 Å². The van der Waals surface area contributed by atoms with Gasteiger partial charge in [0.1, 0.15) is 12.2 Å². The van der Waals surface area contributed by atoms with Gasteiger partial charge in [0.25, 0.3) is 0 Å². The molecule has 2 N–H and O–H groups in total. The van der Waals surface area contributed by atoms with Crippen LogP contribution in [0.3, 0.4) is 0 Å². The minimum absolute atomic E-state index is 0.0175. The normalized spacial score (nSPS) is 34.0. The Morgan fingerprint density at radius 3 is 2.51 bits per heavy atom. The number of aliphatic hydroxyl groups excluding tert-OH is 1. The average molecular weight is 566 g/mol. The van der Waals surface area contributed by atoms with Gasteiger partial charge in [0.15, 0.2) is 0 Å². The molecule has 0 radical (unpaired) electrons. The summed E-state index contributed by atoms with van der Waals surface area (Å²) in [6.07, 6.45) is 14.3. The standard InChI is InChI=1S/C34H41F2NO4/c1-3-34(35,36)33(39)15-14-30-28-12-10-25-20-26(37-41-19-18-40-17-16-38)11-13-27(25)31(28)29(21-32(30,33)2)24-8-6-23(7-9-24)22-4-5-22/h1,6-9,20,22,28-30,38-39H,4-5,10-19,21H2,2H3/b37-26+/t28-,29+,30-,32-,33-/m0/s1. The van der Waals surface area contributed by atoms with Crippen molar-refractivity contribution < 1.29 is 28.6 Å². The van der Waals surface area contributed by atoms with Crippen molar-refractivity contribution in [3.8, 4) is 12.3 Å². The minimum atomic E-state index is -3.58. The van der Waals surface area contributed by atoms with E-state index in [1.54, 1.807) is 5.92 Å². The van der Waals surface area contributed by atoms with Crippen molar-refractivity contribution in [3.63, 3.8) is 0 Å². The van der Waals surface area contributed by atoms with E-state index in [2.05, 4.69) is 35.5 Å². The Morgan fingerprint density at radius 1 is 1.05 bits per heavy atom. The van der Waals surface area contributed by atoms with Crippen molar-refractivity contribution in [2.45, 2.75) is 88.1 Å². The van der Waals surface area contributed by atoms with Gasteiger partial charge < -0.3 is 19.8 Å². The second kappa shape index (κ2) is 10.9. The third-order valence-electron chi connectivity index (χ3n) is 10.7. The van der Waals surface area contributed by atoms with Gasteiger partial charge in [-0.15, -0.1) is 6.42 Å². The van der Waals surface area contributed by atoms with Crippen molar-refractivity contribution in [3.05, 3.63) is 58.2 Å². The molecule has 7 heteroatoms. The fourth-order valence-electron chi connectivity index (χ4n) is 8.49. The predicted octanol–water partition coefficient (Wildman–Crippen LogP) is 6.28. The topological polar surface area (TPSA) is 71.3 Å². The number of ether oxygens (including phenoxy) is 1. The van der Waals surface area contributed by atoms with Gasteiger partial charge in [0, 0.05) is 11.3 Å². The van der Waals surface area contributed by atoms with Crippen LogP contribution in [0.25, 0.3) is 0 Å². The van der Waals surface area contributed by atoms with Crippen LogP contribution in [0.4, 0.5) is 8.78 Å². The molecule has 0 amide bonds. The highest BCUT2D eigenvalue weighted by Crippen LogP contribution is 2.69. The van der Waals surface area contributed by atoms with Crippen LogP contribution in [0.5, 0.6) is 0 Å². The van der Waals surface area contributed by atoms with Crippen LogP contribution < -0.4 is 0 Å². The molecule has 0 spiro atoms. The van der Waals surface area contributed by atoms with Gasteiger partial charge in [0.05, 0.1) is 25.5 Å². The van der Waals surface area contributed by atoms with E-state index in [1.165, 1.54) is 35.1 Å². The average Bonchev–Trinajstić information content (AvgIpc) is 3.79. The maximum absolute atomic E-state index is 15.3. The van der Waals surface area contributed by atoms with Gasteiger partial charge >= 0.3 is 5.92 Å². The first kappa shape index (κ1) is 28.6. The Bertz CT molecular complexity index is 1290. The van der Waals surface area contributed by atoms with E-state index in [0.29, 0.717) is 32.0 Å². The quantitative estimate of drug-likeness (QED) is 0.210. The van der Waals surface area contributed by atoms with Crippen LogP contribution in [0, 0.1) is 29.6 Å². The molecule has 3 fully saturated rings. The van der Waals surface area contributed by atoms with Gasteiger partial charge in [-0.05, 0) is 110 Å². The van der Waals surface area contributed by atoms with Crippen LogP contribution >= 0.6 is 0 Å². The molecule has 0 heterocycles. The molecule has 0 saturated heterocycles. The molecule has 0 aliphatic heterocycles. The highest BCUT2D eigenvalue weighted by atomic mass is 19.3. The number of benzene rings is 1. The second-order valence-electron chi connectivity index (χ2n) is 12.8. The molecule has 220 valence electrons. The fraction of sp³-hybridized carbons (Fsp3) is 0.618. The Kier molecular flexibility index (Phi) is 7.63. The van der Waals surface area contributed by atoms with E-state index in [4.69, 9.17) is 21.1 Å². The molecule has 1 aromatic carbocycles. The number of rotatable bonds is 9. The van der Waals surface area contributed by atoms with E-state index >= 15 is 8.78 Å². The Balaban J connectivity index is 1.36. The number of hydrogen-bond donors (Lipinski definition) is 2. The molecular weight excluding hydrogens is 524 g/mol. The molecule has 0 bridgehead atoms. The molecule has 0 aromatic heterocycles. The molecule has 5 nitrogen and oxygen atoms in total. The summed E-state index contributed by atoms with van der Waals surface area (Å²) in [4.78, 5) is 5.47. The van der Waals surface area contributed by atoms with Crippen molar-refractivity contribution in [1.82, 2.24) is 0 Å². The first-order chi connectivity index (χ1) is 19.7. The van der Waals surface area contributed by atoms with E-state index in [9.17, 15) is 5.11 Å². The third kappa shape index (κ3) is 4.86. The number of alkyl halides is 2. The monoisotopic (exact) mass is 565 g/mol. The van der Waals surface area contributed by atoms with Crippen LogP contribution in [0.2, 0.25) is 0 Å². The summed E-state index contributed by atoms with van der Waals surface area (Å²) in [6.45, 7) is 2.84. The summed E-state index contributed by atoms with van der Waals surface area (Å²) in [6, 6.07) is 8.82. The van der Waals surface area contributed by atoms with Gasteiger partial charge in [-0.25, -0.2) is 0 Å². The number of nitrogens with zero attached hydrogens (tertiary/aromatic N) is 1. The van der Waals surface area contributed by atoms with Crippen molar-refractivity contribution >= 4 is 5.71 Å². The lowest BCUT2D eigenvalue weighted by Crippen LogP contribution is -2.60. The number of aliphatic hydroxyl groups is 2. The summed E-state index contributed by atoms with van der Waals surface area (Å²) in [5, 5.41) is 24.9. The number of fused-ring (bicyclic) bond motifs is 4. The van der Waals surface area contributed by atoms with Gasteiger partial charge in [-0.3, -0.25) is 0 Å². The maximum atomic E-state index is 15.3. The molecule has 6 rings (SSSR count). The third-order valence-corrected chi connectivity index (χ3v) is 10.7. The predicted molar refractivity (Wildman–Crippen MR) is 154 cm³/mol. The zero-order valence-corrected chi connectivity index (χ0v) is 23.9. The Morgan fingerprint density at radius 2 is 1.80 bits per heavy atom. The van der Waals surface area contributed by atoms with E-state index in [-0.39, 0.29) is 37.4 Å². The number of allylic oxidation sites excluding steroid dienone is 4. The van der Waals surface area contributed by atoms with Crippen LogP contribution in [0.1, 0.15) is 87.7 Å². The smallest absolute Gasteiger partial charge is 0.336 e. The van der Waals surface area contributed by atoms with Crippen molar-refractivity contribution in [2.75, 3.05) is 26.4 Å². The Labute approximate surface area is 241 Å². The molecular formula is C34H41F2NO4. The lowest BCUT2D eigenvalue weighted by Gasteiger charge is -2.55. The highest BCUT2D eigenvalue weighted by Gasteiger charge is 2.71. The summed E-state index contributed by atoms with van der Waals surface area (Å²) < 4.78 is 35.9. The summed E-state index contributed by atoms with van der Waals surface area (Å²) >= 11 is 0. The largest absolute Gasteiger partial charge is 0.394 e. The van der Waals surface area contributed by atoms with Gasteiger partial charge in [0.2, 0.25) is 0 Å². The van der Waals surface area contributed by atoms with E-state index < -0.39 is 16.9 Å². The SMILES string of the molecule is C#CC(F)(F)[C@]1(O)CC[C@H]2[C@@H]3CCC4=C/C(=N/OCCOCCO)CCC4=C3[C@@H](c3ccc(C4CC4)cc3)C[C@@]21C. The molecule has 1 aromatic rings. The molecule has 5 atom stereocenters. The Hall–Kier alpha value is -2.53. The molecule has 3 saturated carbocycles. The number of terminal acetylenes is 1. The summed E-state index contributed by atoms with van der Waals surface area (Å²) in [5.41, 5.74) is 4.19. The van der Waals surface area contributed by atoms with Crippen LogP contribution in [0.15, 0.2) is 52.2 Å². The van der Waals surface area contributed by atoms with Gasteiger partial charge in [-0.1, -0.05) is 41.9 Å². The van der Waals surface area contributed by atoms with E-state index in [1.807, 2.05) is 6.92 Å². The van der Waals surface area contributed by atoms with Gasteiger partial charge in [-0.2, -0.15) is 8.78 Å². The summed E-state index contributed by atoms with van der Waals surface area (Å²) in [7, 11) is 0. The zero-order chi connectivity index (χ0) is 28.8. The lowest BCUT2D eigenvalue weighted by molar-refractivity contribution is -0.209. The lowest BCUT2D eigenvalue weighted by atomic mass is 9.50.